The molecule has 0 radical (unpaired) electrons. The number of ether oxygens (including phenoxy) is 4. The molecule has 234 valence electrons. The van der Waals surface area contributed by atoms with Crippen molar-refractivity contribution in [2.45, 2.75) is 106 Å². The zero-order valence-corrected chi connectivity index (χ0v) is 23.7. The molecule has 2 heterocycles. The lowest BCUT2D eigenvalue weighted by molar-refractivity contribution is -0.308. The normalized spacial score (nSPS) is 41.3. The van der Waals surface area contributed by atoms with Crippen LogP contribution < -0.4 is 33.6 Å². The minimum atomic E-state index is -1.32. The molecule has 2 aliphatic heterocycles. The van der Waals surface area contributed by atoms with Crippen molar-refractivity contribution in [2.24, 2.45) is 28.9 Å². The van der Waals surface area contributed by atoms with Crippen molar-refractivity contribution < 1.29 is 39.4 Å². The summed E-state index contributed by atoms with van der Waals surface area (Å²) in [6, 6.07) is -1.77. The van der Waals surface area contributed by atoms with Gasteiger partial charge in [-0.05, 0) is 71.2 Å². The molecule has 0 bridgehead atoms. The Kier molecular flexibility index (Phi) is 13.0. The van der Waals surface area contributed by atoms with Gasteiger partial charge in [0.2, 0.25) is 6.29 Å². The summed E-state index contributed by atoms with van der Waals surface area (Å²) in [5.74, 6) is 0.397. The highest BCUT2D eigenvalue weighted by Gasteiger charge is 2.51. The van der Waals surface area contributed by atoms with Crippen LogP contribution in [-0.4, -0.2) is 127 Å². The van der Waals surface area contributed by atoms with Crippen LogP contribution in [0.3, 0.4) is 0 Å². The molecule has 0 spiro atoms. The van der Waals surface area contributed by atoms with Gasteiger partial charge in [-0.15, -0.1) is 0 Å². The highest BCUT2D eigenvalue weighted by Crippen LogP contribution is 2.36. The predicted octanol–water partition coefficient (Wildman–Crippen LogP) is -3.48. The van der Waals surface area contributed by atoms with E-state index in [1.54, 1.807) is 14.0 Å². The zero-order chi connectivity index (χ0) is 29.4. The molecule has 14 heteroatoms. The Labute approximate surface area is 236 Å². The molecule has 3 aliphatic rings. The Bertz CT molecular complexity index is 794. The highest BCUT2D eigenvalue weighted by atomic mass is 16.7. The maximum Gasteiger partial charge on any atom is 0.215 e. The molecule has 3 rings (SSSR count). The van der Waals surface area contributed by atoms with Crippen LogP contribution >= 0.6 is 0 Å². The number of aliphatic hydroxyl groups is 4. The number of nitrogens with two attached hydrogens (primary N) is 4. The number of nitrogens with one attached hydrogen (secondary N) is 2. The summed E-state index contributed by atoms with van der Waals surface area (Å²) in [7, 11) is 1.63. The Hall–Kier alpha value is -0.980. The molecule has 2 unspecified atom stereocenters. The van der Waals surface area contributed by atoms with Gasteiger partial charge in [0.25, 0.3) is 0 Å². The van der Waals surface area contributed by atoms with Crippen molar-refractivity contribution in [1.82, 2.24) is 10.6 Å². The second-order valence-electron chi connectivity index (χ2n) is 11.5. The fourth-order valence-corrected chi connectivity index (χ4v) is 5.74. The molecule has 2 fully saturated rings. The van der Waals surface area contributed by atoms with Gasteiger partial charge in [-0.1, -0.05) is 0 Å². The Balaban J connectivity index is 1.73. The SMILES string of the molecule is CN[C@@H]1[C@@H](O)[C@@H](O[C@H]2[C@H](CCC(O)CN)C[C@H](N)C(O[C@H]3OC(CNCCCN)=CC[C@H]3N)[C@@H]2O)OC[C@]1(C)O. The monoisotopic (exact) mass is 576 g/mol. The van der Waals surface area contributed by atoms with E-state index in [-0.39, 0.29) is 19.1 Å². The first-order valence-electron chi connectivity index (χ1n) is 14.4. The van der Waals surface area contributed by atoms with Gasteiger partial charge in [0.15, 0.2) is 6.29 Å². The van der Waals surface area contributed by atoms with Crippen LogP contribution in [0.2, 0.25) is 0 Å². The number of rotatable bonds is 14. The summed E-state index contributed by atoms with van der Waals surface area (Å²) < 4.78 is 24.2. The average Bonchev–Trinajstić information content (AvgIpc) is 2.92. The third-order valence-corrected chi connectivity index (χ3v) is 8.09. The standard InChI is InChI=1S/C26H52N6O8/c1-26(36)13-37-25(20(35)23(26)31-2)39-21-14(4-5-15(33)11-28)10-18(30)22(19(21)34)40-24-17(29)7-6-16(38-24)12-32-9-3-8-27/h6,14-15,17-25,31-36H,3-5,7-13,27-30H2,1-2H3/t14-,15?,17-,18+,19-,20-,21+,22?,23-,24-,25-,26+/m1/s1. The number of aliphatic hydroxyl groups excluding tert-OH is 3. The van der Waals surface area contributed by atoms with Crippen LogP contribution in [0, 0.1) is 5.92 Å². The predicted molar refractivity (Wildman–Crippen MR) is 147 cm³/mol. The number of hydrogen-bond donors (Lipinski definition) is 10. The third-order valence-electron chi connectivity index (χ3n) is 8.09. The Morgan fingerprint density at radius 1 is 1.12 bits per heavy atom. The van der Waals surface area contributed by atoms with Crippen molar-refractivity contribution in [3.05, 3.63) is 11.8 Å². The minimum Gasteiger partial charge on any atom is -0.467 e. The van der Waals surface area contributed by atoms with Crippen LogP contribution in [0.4, 0.5) is 0 Å². The van der Waals surface area contributed by atoms with E-state index in [9.17, 15) is 20.4 Å². The molecular weight excluding hydrogens is 524 g/mol. The van der Waals surface area contributed by atoms with Gasteiger partial charge < -0.3 is 72.9 Å². The molecule has 0 aromatic carbocycles. The molecule has 12 atom stereocenters. The minimum absolute atomic E-state index is 0.0851. The summed E-state index contributed by atoms with van der Waals surface area (Å²) in [6.45, 7) is 3.42. The average molecular weight is 577 g/mol. The maximum absolute atomic E-state index is 11.6. The van der Waals surface area contributed by atoms with Gasteiger partial charge in [0.05, 0.1) is 37.4 Å². The largest absolute Gasteiger partial charge is 0.467 e. The first-order valence-corrected chi connectivity index (χ1v) is 14.4. The smallest absolute Gasteiger partial charge is 0.215 e. The van der Waals surface area contributed by atoms with E-state index < -0.39 is 66.8 Å². The van der Waals surface area contributed by atoms with Gasteiger partial charge in [-0.3, -0.25) is 0 Å². The van der Waals surface area contributed by atoms with E-state index in [0.717, 1.165) is 13.0 Å². The number of hydrogen-bond acceptors (Lipinski definition) is 14. The summed E-state index contributed by atoms with van der Waals surface area (Å²) in [6.07, 6.45) is -2.31. The molecule has 1 aliphatic carbocycles. The Morgan fingerprint density at radius 2 is 1.85 bits per heavy atom. The van der Waals surface area contributed by atoms with E-state index in [2.05, 4.69) is 10.6 Å². The Morgan fingerprint density at radius 3 is 2.52 bits per heavy atom. The first-order chi connectivity index (χ1) is 19.0. The van der Waals surface area contributed by atoms with Gasteiger partial charge in [-0.2, -0.15) is 0 Å². The summed E-state index contributed by atoms with van der Waals surface area (Å²) in [5, 5.41) is 49.4. The van der Waals surface area contributed by atoms with E-state index in [1.165, 1.54) is 0 Å². The van der Waals surface area contributed by atoms with Crippen LogP contribution in [0.1, 0.15) is 39.0 Å². The van der Waals surface area contributed by atoms with E-state index in [0.29, 0.717) is 44.5 Å². The molecule has 14 N–H and O–H groups in total. The van der Waals surface area contributed by atoms with Crippen LogP contribution in [0.15, 0.2) is 11.8 Å². The lowest BCUT2D eigenvalue weighted by atomic mass is 9.77. The van der Waals surface area contributed by atoms with Crippen molar-refractivity contribution in [3.63, 3.8) is 0 Å². The fraction of sp³-hybridized carbons (Fsp3) is 0.923. The summed E-state index contributed by atoms with van der Waals surface area (Å²) in [4.78, 5) is 0. The van der Waals surface area contributed by atoms with Gasteiger partial charge in [0.1, 0.15) is 29.7 Å². The van der Waals surface area contributed by atoms with E-state index in [4.69, 9.17) is 41.9 Å². The van der Waals surface area contributed by atoms with E-state index >= 15 is 0 Å². The van der Waals surface area contributed by atoms with Gasteiger partial charge in [-0.25, -0.2) is 0 Å². The highest BCUT2D eigenvalue weighted by molar-refractivity contribution is 5.04. The molecule has 40 heavy (non-hydrogen) atoms. The van der Waals surface area contributed by atoms with Crippen molar-refractivity contribution >= 4 is 0 Å². The molecule has 0 amide bonds. The van der Waals surface area contributed by atoms with Crippen molar-refractivity contribution in [1.29, 1.82) is 0 Å². The maximum atomic E-state index is 11.6. The number of likely N-dealkylation sites (N-methyl/N-ethyl adjacent to an activating group) is 1. The van der Waals surface area contributed by atoms with Crippen molar-refractivity contribution in [2.75, 3.05) is 39.8 Å². The second kappa shape index (κ2) is 15.5. The topological polar surface area (TPSA) is 246 Å². The van der Waals surface area contributed by atoms with Crippen LogP contribution in [0.5, 0.6) is 0 Å². The third kappa shape index (κ3) is 8.53. The first kappa shape index (κ1) is 33.5. The molecule has 0 aromatic rings. The van der Waals surface area contributed by atoms with Gasteiger partial charge in [0, 0.05) is 12.6 Å². The van der Waals surface area contributed by atoms with Crippen LogP contribution in [0.25, 0.3) is 0 Å². The fourth-order valence-electron chi connectivity index (χ4n) is 5.74. The molecule has 1 saturated heterocycles. The zero-order valence-electron chi connectivity index (χ0n) is 23.7. The summed E-state index contributed by atoms with van der Waals surface area (Å²) in [5.41, 5.74) is 22.6. The quantitative estimate of drug-likeness (QED) is 0.0903. The molecule has 0 aromatic heterocycles. The molecule has 1 saturated carbocycles. The molecular formula is C26H52N6O8. The summed E-state index contributed by atoms with van der Waals surface area (Å²) >= 11 is 0. The van der Waals surface area contributed by atoms with E-state index in [1.807, 2.05) is 6.08 Å². The lowest BCUT2D eigenvalue weighted by Crippen LogP contribution is -2.67. The van der Waals surface area contributed by atoms with Gasteiger partial charge >= 0.3 is 0 Å². The van der Waals surface area contributed by atoms with Crippen molar-refractivity contribution in [3.8, 4) is 0 Å². The lowest BCUT2D eigenvalue weighted by Gasteiger charge is -2.49. The van der Waals surface area contributed by atoms with Crippen LogP contribution in [-0.2, 0) is 18.9 Å². The molecule has 14 nitrogen and oxygen atoms in total. The second-order valence-corrected chi connectivity index (χ2v) is 11.5.